The number of amides is 1. The fourth-order valence-corrected chi connectivity index (χ4v) is 2.41. The molecule has 2 aromatic rings. The molecular weight excluding hydrogens is 321 g/mol. The van der Waals surface area contributed by atoms with E-state index in [9.17, 15) is 14.0 Å². The minimum Gasteiger partial charge on any atom is -0.458 e. The zero-order chi connectivity index (χ0) is 17.6. The second kappa shape index (κ2) is 7.57. The number of carbonyl (C=O) groups is 2. The largest absolute Gasteiger partial charge is 0.458 e. The Morgan fingerprint density at radius 2 is 1.84 bits per heavy atom. The normalized spacial score (nSPS) is 13.6. The van der Waals surface area contributed by atoms with Gasteiger partial charge in [0.25, 0.3) is 0 Å². The molecule has 25 heavy (non-hydrogen) atoms. The number of carbonyl (C=O) groups excluding carboxylic acids is 2. The van der Waals surface area contributed by atoms with E-state index in [1.165, 1.54) is 24.3 Å². The van der Waals surface area contributed by atoms with Gasteiger partial charge >= 0.3 is 5.97 Å². The molecule has 1 heterocycles. The maximum Gasteiger partial charge on any atom is 0.331 e. The lowest BCUT2D eigenvalue weighted by atomic mass is 10.1. The van der Waals surface area contributed by atoms with Gasteiger partial charge in [-0.15, -0.1) is 0 Å². The molecule has 5 heteroatoms. The third-order valence-electron chi connectivity index (χ3n) is 3.67. The summed E-state index contributed by atoms with van der Waals surface area (Å²) in [6.45, 7) is 0.339. The summed E-state index contributed by atoms with van der Waals surface area (Å²) in [7, 11) is 0. The minimum absolute atomic E-state index is 0.269. The van der Waals surface area contributed by atoms with Crippen LogP contribution in [0.5, 0.6) is 0 Å². The Balaban J connectivity index is 1.55. The molecule has 0 bridgehead atoms. The van der Waals surface area contributed by atoms with Crippen LogP contribution in [-0.4, -0.2) is 18.5 Å². The molecule has 1 amide bonds. The number of anilines is 1. The van der Waals surface area contributed by atoms with Gasteiger partial charge in [0, 0.05) is 17.8 Å². The van der Waals surface area contributed by atoms with Crippen LogP contribution in [0.25, 0.3) is 6.08 Å². The second-order valence-corrected chi connectivity index (χ2v) is 5.66. The average Bonchev–Trinajstić information content (AvgIpc) is 3.01. The molecule has 126 valence electrons. The van der Waals surface area contributed by atoms with E-state index >= 15 is 0 Å². The van der Waals surface area contributed by atoms with Crippen LogP contribution < -0.4 is 5.32 Å². The minimum atomic E-state index is -0.314. The number of benzene rings is 2. The van der Waals surface area contributed by atoms with E-state index in [2.05, 4.69) is 5.32 Å². The number of ether oxygens (including phenoxy) is 1. The molecular formula is C20H16FNO3. The number of rotatable bonds is 5. The van der Waals surface area contributed by atoms with E-state index in [4.69, 9.17) is 4.74 Å². The lowest BCUT2D eigenvalue weighted by Crippen LogP contribution is -2.07. The van der Waals surface area contributed by atoms with Gasteiger partial charge in [0.2, 0.25) is 5.91 Å². The van der Waals surface area contributed by atoms with Gasteiger partial charge in [0.1, 0.15) is 12.4 Å². The van der Waals surface area contributed by atoms with Gasteiger partial charge in [-0.1, -0.05) is 24.3 Å². The predicted octanol–water partition coefficient (Wildman–Crippen LogP) is 3.50. The number of nitrogens with one attached hydrogen (secondary N) is 1. The summed E-state index contributed by atoms with van der Waals surface area (Å²) in [5.41, 5.74) is 3.38. The summed E-state index contributed by atoms with van der Waals surface area (Å²) in [5, 5.41) is 2.76. The van der Waals surface area contributed by atoms with E-state index in [0.717, 1.165) is 16.7 Å². The first kappa shape index (κ1) is 16.6. The molecule has 0 saturated carbocycles. The Morgan fingerprint density at radius 3 is 2.48 bits per heavy atom. The maximum atomic E-state index is 12.8. The predicted molar refractivity (Wildman–Crippen MR) is 93.3 cm³/mol. The number of hydrogen-bond acceptors (Lipinski definition) is 3. The molecule has 1 aliphatic heterocycles. The van der Waals surface area contributed by atoms with Crippen LogP contribution in [0.4, 0.5) is 10.1 Å². The third kappa shape index (κ3) is 4.88. The standard InChI is InChI=1S/C20H16FNO3/c21-17-6-1-14(2-7-17)5-10-19(23)22-18-8-3-15(4-9-18)11-16-12-20(24)25-13-16/h1-10,12H,11,13H2,(H,22,23)/b10-5+. The number of hydrogen-bond donors (Lipinski definition) is 1. The first-order valence-electron chi connectivity index (χ1n) is 7.78. The molecule has 4 nitrogen and oxygen atoms in total. The zero-order valence-corrected chi connectivity index (χ0v) is 13.4. The molecule has 3 rings (SSSR count). The zero-order valence-electron chi connectivity index (χ0n) is 13.4. The molecule has 0 aromatic heterocycles. The SMILES string of the molecule is O=C(/C=C/c1ccc(F)cc1)Nc1ccc(CC2=CC(=O)OC2)cc1. The molecule has 1 aliphatic rings. The summed E-state index contributed by atoms with van der Waals surface area (Å²) in [6, 6.07) is 13.3. The fourth-order valence-electron chi connectivity index (χ4n) is 2.41. The first-order valence-corrected chi connectivity index (χ1v) is 7.78. The van der Waals surface area contributed by atoms with Crippen molar-refractivity contribution in [3.63, 3.8) is 0 Å². The monoisotopic (exact) mass is 337 g/mol. The summed E-state index contributed by atoms with van der Waals surface area (Å²) < 4.78 is 17.7. The number of cyclic esters (lactones) is 1. The summed E-state index contributed by atoms with van der Waals surface area (Å²) >= 11 is 0. The summed E-state index contributed by atoms with van der Waals surface area (Å²) in [4.78, 5) is 22.9. The molecule has 1 N–H and O–H groups in total. The number of esters is 1. The highest BCUT2D eigenvalue weighted by atomic mass is 19.1. The van der Waals surface area contributed by atoms with Crippen molar-refractivity contribution in [2.45, 2.75) is 6.42 Å². The molecule has 0 atom stereocenters. The van der Waals surface area contributed by atoms with E-state index in [0.29, 0.717) is 18.7 Å². The van der Waals surface area contributed by atoms with Crippen molar-refractivity contribution in [3.05, 3.63) is 83.2 Å². The van der Waals surface area contributed by atoms with Crippen LogP contribution in [0.2, 0.25) is 0 Å². The van der Waals surface area contributed by atoms with E-state index in [-0.39, 0.29) is 17.7 Å². The lowest BCUT2D eigenvalue weighted by molar-refractivity contribution is -0.135. The third-order valence-corrected chi connectivity index (χ3v) is 3.67. The van der Waals surface area contributed by atoms with Crippen LogP contribution in [0, 0.1) is 5.82 Å². The van der Waals surface area contributed by atoms with Crippen LogP contribution in [0.15, 0.2) is 66.3 Å². The summed E-state index contributed by atoms with van der Waals surface area (Å²) in [6.07, 6.45) is 5.17. The highest BCUT2D eigenvalue weighted by Gasteiger charge is 2.12. The molecule has 2 aromatic carbocycles. The molecule has 0 unspecified atom stereocenters. The van der Waals surface area contributed by atoms with Gasteiger partial charge in [0.15, 0.2) is 0 Å². The lowest BCUT2D eigenvalue weighted by Gasteiger charge is -2.05. The Kier molecular flexibility index (Phi) is 5.04. The molecule has 0 radical (unpaired) electrons. The Labute approximate surface area is 144 Å². The Morgan fingerprint density at radius 1 is 1.12 bits per heavy atom. The van der Waals surface area contributed by atoms with E-state index in [1.54, 1.807) is 30.3 Å². The maximum absolute atomic E-state index is 12.8. The first-order chi connectivity index (χ1) is 12.1. The molecule has 0 aliphatic carbocycles. The fraction of sp³-hybridized carbons (Fsp3) is 0.100. The number of halogens is 1. The Bertz CT molecular complexity index is 836. The average molecular weight is 337 g/mol. The van der Waals surface area contributed by atoms with Gasteiger partial charge in [-0.25, -0.2) is 9.18 Å². The van der Waals surface area contributed by atoms with Crippen molar-refractivity contribution in [2.75, 3.05) is 11.9 Å². The van der Waals surface area contributed by atoms with Crippen molar-refractivity contribution in [1.29, 1.82) is 0 Å². The molecule has 0 spiro atoms. The van der Waals surface area contributed by atoms with Crippen molar-refractivity contribution in [1.82, 2.24) is 0 Å². The van der Waals surface area contributed by atoms with E-state index < -0.39 is 0 Å². The topological polar surface area (TPSA) is 55.4 Å². The Hall–Kier alpha value is -3.21. The summed E-state index contributed by atoms with van der Waals surface area (Å²) in [5.74, 6) is -0.882. The highest BCUT2D eigenvalue weighted by Crippen LogP contribution is 2.16. The molecule has 0 saturated heterocycles. The van der Waals surface area contributed by atoms with Crippen molar-refractivity contribution in [2.24, 2.45) is 0 Å². The van der Waals surface area contributed by atoms with Gasteiger partial charge in [-0.05, 0) is 53.5 Å². The molecule has 0 fully saturated rings. The van der Waals surface area contributed by atoms with Gasteiger partial charge in [-0.3, -0.25) is 4.79 Å². The quantitative estimate of drug-likeness (QED) is 0.671. The van der Waals surface area contributed by atoms with Gasteiger partial charge in [-0.2, -0.15) is 0 Å². The van der Waals surface area contributed by atoms with Crippen LogP contribution >= 0.6 is 0 Å². The van der Waals surface area contributed by atoms with Crippen molar-refractivity contribution in [3.8, 4) is 0 Å². The smallest absolute Gasteiger partial charge is 0.331 e. The van der Waals surface area contributed by atoms with Crippen LogP contribution in [0.3, 0.4) is 0 Å². The van der Waals surface area contributed by atoms with Crippen molar-refractivity contribution >= 4 is 23.6 Å². The van der Waals surface area contributed by atoms with E-state index in [1.807, 2.05) is 12.1 Å². The van der Waals surface area contributed by atoms with Gasteiger partial charge in [0.05, 0.1) is 0 Å². The van der Waals surface area contributed by atoms with Crippen LogP contribution in [0.1, 0.15) is 11.1 Å². The van der Waals surface area contributed by atoms with Crippen molar-refractivity contribution < 1.29 is 18.7 Å². The van der Waals surface area contributed by atoms with Gasteiger partial charge < -0.3 is 10.1 Å². The van der Waals surface area contributed by atoms with Crippen LogP contribution in [-0.2, 0) is 20.7 Å². The highest BCUT2D eigenvalue weighted by molar-refractivity contribution is 6.01. The second-order valence-electron chi connectivity index (χ2n) is 5.66.